The van der Waals surface area contributed by atoms with E-state index in [1.165, 1.54) is 22.6 Å². The first-order chi connectivity index (χ1) is 12.1. The average Bonchev–Trinajstić information content (AvgIpc) is 3.19. The molecule has 1 atom stereocenters. The van der Waals surface area contributed by atoms with Crippen LogP contribution in [0.15, 0.2) is 30.6 Å². The van der Waals surface area contributed by atoms with E-state index in [9.17, 15) is 4.39 Å². The van der Waals surface area contributed by atoms with Gasteiger partial charge in [-0.1, -0.05) is 0 Å². The molecule has 1 aromatic carbocycles. The van der Waals surface area contributed by atoms with E-state index in [2.05, 4.69) is 34.0 Å². The second-order valence-electron chi connectivity index (χ2n) is 6.64. The fourth-order valence-electron chi connectivity index (χ4n) is 3.44. The summed E-state index contributed by atoms with van der Waals surface area (Å²) in [6.45, 7) is 7.14. The molecular formula is C19H21FN4S. The maximum absolute atomic E-state index is 13.1. The van der Waals surface area contributed by atoms with E-state index in [-0.39, 0.29) is 5.82 Å². The fourth-order valence-corrected chi connectivity index (χ4v) is 4.44. The Morgan fingerprint density at radius 3 is 2.84 bits per heavy atom. The van der Waals surface area contributed by atoms with Crippen LogP contribution in [0.3, 0.4) is 0 Å². The van der Waals surface area contributed by atoms with E-state index in [4.69, 9.17) is 0 Å². The predicted octanol–water partition coefficient (Wildman–Crippen LogP) is 4.39. The largest absolute Gasteiger partial charge is 0.371 e. The summed E-state index contributed by atoms with van der Waals surface area (Å²) in [5, 5.41) is 4.69. The van der Waals surface area contributed by atoms with Crippen LogP contribution in [0.4, 0.5) is 15.9 Å². The lowest BCUT2D eigenvalue weighted by molar-refractivity contribution is 0.620. The SMILES string of the molecule is Cc1sc2ncnc(NCC3CCN(c4ccc(F)cc4)C3)c2c1C. The van der Waals surface area contributed by atoms with Gasteiger partial charge in [-0.15, -0.1) is 11.3 Å². The highest BCUT2D eigenvalue weighted by Crippen LogP contribution is 2.33. The normalized spacial score (nSPS) is 17.4. The molecule has 0 radical (unpaired) electrons. The van der Waals surface area contributed by atoms with Crippen LogP contribution >= 0.6 is 11.3 Å². The van der Waals surface area contributed by atoms with Crippen molar-refractivity contribution in [1.82, 2.24) is 9.97 Å². The molecule has 0 bridgehead atoms. The third kappa shape index (κ3) is 3.18. The summed E-state index contributed by atoms with van der Waals surface area (Å²) in [6, 6.07) is 6.77. The summed E-state index contributed by atoms with van der Waals surface area (Å²) in [5.74, 6) is 1.30. The number of hydrogen-bond acceptors (Lipinski definition) is 5. The Labute approximate surface area is 150 Å². The molecule has 1 N–H and O–H groups in total. The van der Waals surface area contributed by atoms with Crippen molar-refractivity contribution in [2.75, 3.05) is 29.9 Å². The number of aryl methyl sites for hydroxylation is 2. The van der Waals surface area contributed by atoms with Crippen LogP contribution in [0.5, 0.6) is 0 Å². The number of fused-ring (bicyclic) bond motifs is 1. The molecule has 3 heterocycles. The standard InChI is InChI=1S/C19H21FN4S/c1-12-13(2)25-19-17(12)18(22-11-23-19)21-9-14-7-8-24(10-14)16-5-3-15(20)4-6-16/h3-6,11,14H,7-10H2,1-2H3,(H,21,22,23). The van der Waals surface area contributed by atoms with Gasteiger partial charge in [0.05, 0.1) is 5.39 Å². The highest BCUT2D eigenvalue weighted by atomic mass is 32.1. The van der Waals surface area contributed by atoms with Crippen molar-refractivity contribution in [1.29, 1.82) is 0 Å². The van der Waals surface area contributed by atoms with Gasteiger partial charge in [-0.25, -0.2) is 14.4 Å². The van der Waals surface area contributed by atoms with Crippen molar-refractivity contribution in [3.8, 4) is 0 Å². The maximum atomic E-state index is 13.1. The van der Waals surface area contributed by atoms with Crippen LogP contribution in [0.1, 0.15) is 16.9 Å². The van der Waals surface area contributed by atoms with Crippen LogP contribution < -0.4 is 10.2 Å². The van der Waals surface area contributed by atoms with Crippen molar-refractivity contribution < 1.29 is 4.39 Å². The van der Waals surface area contributed by atoms with Crippen LogP contribution in [0.2, 0.25) is 0 Å². The molecule has 25 heavy (non-hydrogen) atoms. The molecule has 130 valence electrons. The van der Waals surface area contributed by atoms with Crippen molar-refractivity contribution in [2.45, 2.75) is 20.3 Å². The lowest BCUT2D eigenvalue weighted by Crippen LogP contribution is -2.22. The predicted molar refractivity (Wildman–Crippen MR) is 102 cm³/mol. The summed E-state index contributed by atoms with van der Waals surface area (Å²) in [7, 11) is 0. The third-order valence-corrected chi connectivity index (χ3v) is 6.12. The Morgan fingerprint density at radius 2 is 2.04 bits per heavy atom. The van der Waals surface area contributed by atoms with Gasteiger partial charge in [0.15, 0.2) is 0 Å². The van der Waals surface area contributed by atoms with Crippen LogP contribution in [0, 0.1) is 25.6 Å². The smallest absolute Gasteiger partial charge is 0.138 e. The van der Waals surface area contributed by atoms with E-state index in [0.717, 1.165) is 47.8 Å². The lowest BCUT2D eigenvalue weighted by atomic mass is 10.1. The zero-order chi connectivity index (χ0) is 17.4. The van der Waals surface area contributed by atoms with Crippen molar-refractivity contribution in [2.24, 2.45) is 5.92 Å². The van der Waals surface area contributed by atoms with E-state index >= 15 is 0 Å². The topological polar surface area (TPSA) is 41.1 Å². The van der Waals surface area contributed by atoms with Crippen molar-refractivity contribution in [3.05, 3.63) is 46.9 Å². The second-order valence-corrected chi connectivity index (χ2v) is 7.85. The number of anilines is 2. The minimum absolute atomic E-state index is 0.185. The minimum Gasteiger partial charge on any atom is -0.371 e. The number of aromatic nitrogens is 2. The molecule has 3 aromatic rings. The molecule has 0 aliphatic carbocycles. The van der Waals surface area contributed by atoms with Gasteiger partial charge < -0.3 is 10.2 Å². The number of thiophene rings is 1. The van der Waals surface area contributed by atoms with Gasteiger partial charge in [0, 0.05) is 30.2 Å². The Balaban J connectivity index is 1.43. The van der Waals surface area contributed by atoms with Gasteiger partial charge >= 0.3 is 0 Å². The average molecular weight is 356 g/mol. The summed E-state index contributed by atoms with van der Waals surface area (Å²) < 4.78 is 13.1. The Hall–Kier alpha value is -2.21. The molecule has 6 heteroatoms. The number of nitrogens with zero attached hydrogens (tertiary/aromatic N) is 3. The maximum Gasteiger partial charge on any atom is 0.138 e. The quantitative estimate of drug-likeness (QED) is 0.753. The molecule has 1 unspecified atom stereocenters. The molecule has 0 amide bonds. The van der Waals surface area contributed by atoms with Gasteiger partial charge in [-0.3, -0.25) is 0 Å². The zero-order valence-corrected chi connectivity index (χ0v) is 15.2. The molecule has 1 saturated heterocycles. The monoisotopic (exact) mass is 356 g/mol. The van der Waals surface area contributed by atoms with E-state index in [1.807, 2.05) is 12.1 Å². The van der Waals surface area contributed by atoms with Crippen molar-refractivity contribution in [3.63, 3.8) is 0 Å². The highest BCUT2D eigenvalue weighted by molar-refractivity contribution is 7.18. The van der Waals surface area contributed by atoms with E-state index in [1.54, 1.807) is 17.7 Å². The molecule has 0 spiro atoms. The molecule has 0 saturated carbocycles. The number of hydrogen-bond donors (Lipinski definition) is 1. The molecule has 2 aromatic heterocycles. The van der Waals surface area contributed by atoms with Gasteiger partial charge in [-0.05, 0) is 56.0 Å². The first kappa shape index (κ1) is 16.3. The van der Waals surface area contributed by atoms with Gasteiger partial charge in [0.25, 0.3) is 0 Å². The molecule has 1 aliphatic rings. The van der Waals surface area contributed by atoms with Crippen LogP contribution in [-0.2, 0) is 0 Å². The lowest BCUT2D eigenvalue weighted by Gasteiger charge is -2.19. The molecular weight excluding hydrogens is 335 g/mol. The van der Waals surface area contributed by atoms with Gasteiger partial charge in [0.1, 0.15) is 22.8 Å². The van der Waals surface area contributed by atoms with Crippen molar-refractivity contribution >= 4 is 33.1 Å². The summed E-state index contributed by atoms with van der Waals surface area (Å²) >= 11 is 1.72. The van der Waals surface area contributed by atoms with Crippen LogP contribution in [-0.4, -0.2) is 29.6 Å². The molecule has 4 nitrogen and oxygen atoms in total. The highest BCUT2D eigenvalue weighted by Gasteiger charge is 2.23. The molecule has 4 rings (SSSR count). The first-order valence-electron chi connectivity index (χ1n) is 8.57. The first-order valence-corrected chi connectivity index (χ1v) is 9.38. The van der Waals surface area contributed by atoms with Gasteiger partial charge in [0.2, 0.25) is 0 Å². The molecule has 1 aliphatic heterocycles. The Bertz CT molecular complexity index is 890. The third-order valence-electron chi connectivity index (χ3n) is 5.00. The number of nitrogens with one attached hydrogen (secondary N) is 1. The Kier molecular flexibility index (Phi) is 4.29. The minimum atomic E-state index is -0.185. The second kappa shape index (κ2) is 6.59. The van der Waals surface area contributed by atoms with E-state index in [0.29, 0.717) is 5.92 Å². The summed E-state index contributed by atoms with van der Waals surface area (Å²) in [5.41, 5.74) is 2.36. The fraction of sp³-hybridized carbons (Fsp3) is 0.368. The van der Waals surface area contributed by atoms with E-state index < -0.39 is 0 Å². The number of rotatable bonds is 4. The number of benzene rings is 1. The Morgan fingerprint density at radius 1 is 1.24 bits per heavy atom. The summed E-state index contributed by atoms with van der Waals surface area (Å²) in [6.07, 6.45) is 2.76. The number of halogens is 1. The summed E-state index contributed by atoms with van der Waals surface area (Å²) in [4.78, 5) is 13.5. The van der Waals surface area contributed by atoms with Gasteiger partial charge in [-0.2, -0.15) is 0 Å². The molecule has 1 fully saturated rings. The van der Waals surface area contributed by atoms with Crippen LogP contribution in [0.25, 0.3) is 10.2 Å². The zero-order valence-electron chi connectivity index (χ0n) is 14.4.